The second kappa shape index (κ2) is 5.51. The molecule has 0 saturated heterocycles. The van der Waals surface area contributed by atoms with E-state index in [9.17, 15) is 0 Å². The second-order valence-electron chi connectivity index (χ2n) is 5.09. The zero-order valence-electron chi connectivity index (χ0n) is 11.9. The summed E-state index contributed by atoms with van der Waals surface area (Å²) >= 11 is 0. The summed E-state index contributed by atoms with van der Waals surface area (Å²) in [5, 5.41) is 11.1. The van der Waals surface area contributed by atoms with Crippen molar-refractivity contribution in [3.63, 3.8) is 0 Å². The molecule has 22 heavy (non-hydrogen) atoms. The smallest absolute Gasteiger partial charge is 0.231 e. The molecule has 1 aliphatic heterocycles. The Hall–Kier alpha value is -2.83. The lowest BCUT2D eigenvalue weighted by atomic mass is 10.1. The number of aromatic nitrogens is 5. The summed E-state index contributed by atoms with van der Waals surface area (Å²) in [5.74, 6) is 2.45. The van der Waals surface area contributed by atoms with E-state index in [1.165, 1.54) is 5.56 Å². The van der Waals surface area contributed by atoms with Crippen LogP contribution in [0.2, 0.25) is 0 Å². The fourth-order valence-corrected chi connectivity index (χ4v) is 2.53. The van der Waals surface area contributed by atoms with Crippen molar-refractivity contribution in [1.29, 1.82) is 0 Å². The number of hydrogen-bond donors (Lipinski definition) is 1. The van der Waals surface area contributed by atoms with Gasteiger partial charge in [0.25, 0.3) is 0 Å². The first-order valence-corrected chi connectivity index (χ1v) is 7.17. The molecule has 0 bridgehead atoms. The molecule has 0 fully saturated rings. The number of hydrogen-bond acceptors (Lipinski definition) is 5. The topological polar surface area (TPSA) is 77.9 Å². The molecule has 0 saturated carbocycles. The molecule has 3 heterocycles. The van der Waals surface area contributed by atoms with Gasteiger partial charge in [-0.1, -0.05) is 0 Å². The molecular formula is C15H15N5O2. The van der Waals surface area contributed by atoms with E-state index in [0.29, 0.717) is 0 Å². The second-order valence-corrected chi connectivity index (χ2v) is 5.09. The number of nitrogens with one attached hydrogen (secondary N) is 1. The van der Waals surface area contributed by atoms with Crippen LogP contribution in [0, 0.1) is 0 Å². The van der Waals surface area contributed by atoms with Crippen molar-refractivity contribution in [2.24, 2.45) is 0 Å². The summed E-state index contributed by atoms with van der Waals surface area (Å²) in [5.41, 5.74) is 2.13. The third-order valence-electron chi connectivity index (χ3n) is 3.64. The molecule has 4 rings (SSSR count). The molecule has 0 atom stereocenters. The van der Waals surface area contributed by atoms with Crippen LogP contribution in [0.1, 0.15) is 17.8 Å². The maximum absolute atomic E-state index is 5.41. The third kappa shape index (κ3) is 2.41. The van der Waals surface area contributed by atoms with E-state index in [0.717, 1.165) is 42.3 Å². The zero-order chi connectivity index (χ0) is 14.8. The van der Waals surface area contributed by atoms with Gasteiger partial charge in [-0.05, 0) is 30.5 Å². The van der Waals surface area contributed by atoms with Crippen LogP contribution < -0.4 is 9.47 Å². The lowest BCUT2D eigenvalue weighted by molar-refractivity contribution is 0.174. The molecule has 1 aliphatic rings. The number of fused-ring (bicyclic) bond motifs is 1. The van der Waals surface area contributed by atoms with Gasteiger partial charge in [-0.3, -0.25) is 5.10 Å². The normalized spacial score (nSPS) is 12.7. The van der Waals surface area contributed by atoms with Crippen LogP contribution in [0.25, 0.3) is 5.69 Å². The van der Waals surface area contributed by atoms with Crippen molar-refractivity contribution < 1.29 is 9.47 Å². The van der Waals surface area contributed by atoms with Crippen LogP contribution in [-0.2, 0) is 12.8 Å². The van der Waals surface area contributed by atoms with E-state index in [-0.39, 0.29) is 6.79 Å². The van der Waals surface area contributed by atoms with Crippen molar-refractivity contribution in [2.45, 2.75) is 19.3 Å². The fourth-order valence-electron chi connectivity index (χ4n) is 2.53. The van der Waals surface area contributed by atoms with E-state index in [4.69, 9.17) is 9.47 Å². The Balaban J connectivity index is 1.50. The van der Waals surface area contributed by atoms with E-state index < -0.39 is 0 Å². The summed E-state index contributed by atoms with van der Waals surface area (Å²) in [7, 11) is 0. The third-order valence-corrected chi connectivity index (χ3v) is 3.64. The maximum atomic E-state index is 5.41. The number of aryl methyl sites for hydroxylation is 2. The SMILES string of the molecule is c1nc(CCCc2cn[nH]c2)n(-c2ccc3c(c2)OCO3)n1. The van der Waals surface area contributed by atoms with Crippen LogP contribution >= 0.6 is 0 Å². The molecular weight excluding hydrogens is 282 g/mol. The van der Waals surface area contributed by atoms with Gasteiger partial charge in [0.2, 0.25) is 6.79 Å². The summed E-state index contributed by atoms with van der Waals surface area (Å²) in [4.78, 5) is 4.36. The van der Waals surface area contributed by atoms with Gasteiger partial charge in [0, 0.05) is 18.7 Å². The first-order valence-electron chi connectivity index (χ1n) is 7.17. The van der Waals surface area contributed by atoms with Gasteiger partial charge in [-0.15, -0.1) is 0 Å². The zero-order valence-corrected chi connectivity index (χ0v) is 11.9. The predicted molar refractivity (Wildman–Crippen MR) is 78.1 cm³/mol. The van der Waals surface area contributed by atoms with Crippen molar-refractivity contribution in [3.8, 4) is 17.2 Å². The summed E-state index contributed by atoms with van der Waals surface area (Å²) in [6.45, 7) is 0.272. The lowest BCUT2D eigenvalue weighted by Gasteiger charge is -2.06. The fraction of sp³-hybridized carbons (Fsp3) is 0.267. The average molecular weight is 297 g/mol. The minimum Gasteiger partial charge on any atom is -0.454 e. The van der Waals surface area contributed by atoms with Gasteiger partial charge >= 0.3 is 0 Å². The monoisotopic (exact) mass is 297 g/mol. The Kier molecular flexibility index (Phi) is 3.23. The van der Waals surface area contributed by atoms with Crippen LogP contribution in [0.4, 0.5) is 0 Å². The lowest BCUT2D eigenvalue weighted by Crippen LogP contribution is -2.04. The number of ether oxygens (including phenoxy) is 2. The standard InChI is InChI=1S/C15H15N5O2/c1(2-11-7-17-18-8-11)3-15-16-9-19-20(15)12-4-5-13-14(6-12)22-10-21-13/h4-9H,1-3,10H2,(H,17,18). The Morgan fingerprint density at radius 3 is 3.05 bits per heavy atom. The van der Waals surface area contributed by atoms with E-state index in [2.05, 4.69) is 20.3 Å². The molecule has 1 N–H and O–H groups in total. The first kappa shape index (κ1) is 12.9. The average Bonchev–Trinajstić information content (AvgIpc) is 3.28. The van der Waals surface area contributed by atoms with Gasteiger partial charge in [0.05, 0.1) is 11.9 Å². The van der Waals surface area contributed by atoms with Gasteiger partial charge in [-0.2, -0.15) is 10.2 Å². The Labute approximate surface area is 126 Å². The van der Waals surface area contributed by atoms with E-state index in [1.807, 2.05) is 35.3 Å². The van der Waals surface area contributed by atoms with Crippen LogP contribution in [-0.4, -0.2) is 31.8 Å². The molecule has 3 aromatic rings. The summed E-state index contributed by atoms with van der Waals surface area (Å²) in [6.07, 6.45) is 8.15. The highest BCUT2D eigenvalue weighted by atomic mass is 16.7. The summed E-state index contributed by atoms with van der Waals surface area (Å²) in [6, 6.07) is 5.78. The largest absolute Gasteiger partial charge is 0.454 e. The molecule has 112 valence electrons. The van der Waals surface area contributed by atoms with Crippen LogP contribution in [0.5, 0.6) is 11.5 Å². The Bertz CT molecular complexity index is 766. The number of aromatic amines is 1. The summed E-state index contributed by atoms with van der Waals surface area (Å²) < 4.78 is 12.6. The van der Waals surface area contributed by atoms with Gasteiger partial charge in [0.15, 0.2) is 11.5 Å². The van der Waals surface area contributed by atoms with Crippen molar-refractivity contribution >= 4 is 0 Å². The molecule has 1 aromatic carbocycles. The van der Waals surface area contributed by atoms with E-state index in [1.54, 1.807) is 6.33 Å². The van der Waals surface area contributed by atoms with Gasteiger partial charge in [0.1, 0.15) is 12.2 Å². The first-order chi connectivity index (χ1) is 10.9. The molecule has 0 radical (unpaired) electrons. The van der Waals surface area contributed by atoms with Crippen molar-refractivity contribution in [3.05, 3.63) is 48.3 Å². The highest BCUT2D eigenvalue weighted by Gasteiger charge is 2.15. The number of rotatable bonds is 5. The quantitative estimate of drug-likeness (QED) is 0.778. The molecule has 0 spiro atoms. The minimum absolute atomic E-state index is 0.272. The molecule has 0 amide bonds. The van der Waals surface area contributed by atoms with Crippen LogP contribution in [0.3, 0.4) is 0 Å². The van der Waals surface area contributed by atoms with Crippen LogP contribution in [0.15, 0.2) is 36.9 Å². The maximum Gasteiger partial charge on any atom is 0.231 e. The minimum atomic E-state index is 0.272. The molecule has 7 nitrogen and oxygen atoms in total. The van der Waals surface area contributed by atoms with Crippen molar-refractivity contribution in [2.75, 3.05) is 6.79 Å². The number of benzene rings is 1. The highest BCUT2D eigenvalue weighted by molar-refractivity contribution is 5.49. The molecule has 2 aromatic heterocycles. The predicted octanol–water partition coefficient (Wildman–Crippen LogP) is 1.89. The number of H-pyrrole nitrogens is 1. The van der Waals surface area contributed by atoms with E-state index >= 15 is 0 Å². The Morgan fingerprint density at radius 2 is 2.14 bits per heavy atom. The Morgan fingerprint density at radius 1 is 1.18 bits per heavy atom. The molecule has 0 unspecified atom stereocenters. The van der Waals surface area contributed by atoms with Gasteiger partial charge in [-0.25, -0.2) is 9.67 Å². The molecule has 0 aliphatic carbocycles. The highest BCUT2D eigenvalue weighted by Crippen LogP contribution is 2.33. The van der Waals surface area contributed by atoms with Gasteiger partial charge < -0.3 is 9.47 Å². The molecule has 7 heteroatoms. The van der Waals surface area contributed by atoms with Crippen molar-refractivity contribution in [1.82, 2.24) is 25.0 Å². The number of nitrogens with zero attached hydrogens (tertiary/aromatic N) is 4.